The molecule has 46 heavy (non-hydrogen) atoms. The summed E-state index contributed by atoms with van der Waals surface area (Å²) in [5, 5.41) is 13.6. The van der Waals surface area contributed by atoms with E-state index >= 15 is 0 Å². The van der Waals surface area contributed by atoms with Crippen molar-refractivity contribution in [2.45, 2.75) is 97.6 Å². The van der Waals surface area contributed by atoms with Gasteiger partial charge in [0.1, 0.15) is 22.1 Å². The van der Waals surface area contributed by atoms with Crippen molar-refractivity contribution in [1.29, 1.82) is 0 Å². The van der Waals surface area contributed by atoms with Crippen LogP contribution in [0, 0.1) is 11.8 Å². The van der Waals surface area contributed by atoms with Gasteiger partial charge in [0.2, 0.25) is 5.95 Å². The SMILES string of the molecule is CC(C)(C)OP(=O)(OCn1cc(-c2nc(C(=O)Nc3cn(C4CCCCC4)nc3-c3nc(F)ccc3F)cs2)cn1)OC(C)(C)C. The van der Waals surface area contributed by atoms with Crippen LogP contribution >= 0.6 is 19.2 Å². The first kappa shape index (κ1) is 34.0. The van der Waals surface area contributed by atoms with Crippen LogP contribution in [0.3, 0.4) is 0 Å². The van der Waals surface area contributed by atoms with E-state index in [1.165, 1.54) is 22.2 Å². The van der Waals surface area contributed by atoms with Crippen LogP contribution in [0.2, 0.25) is 0 Å². The summed E-state index contributed by atoms with van der Waals surface area (Å²) >= 11 is 1.21. The van der Waals surface area contributed by atoms with E-state index in [2.05, 4.69) is 25.5 Å². The Morgan fingerprint density at radius 3 is 2.39 bits per heavy atom. The topological polar surface area (TPSA) is 135 Å². The molecule has 0 atom stereocenters. The lowest BCUT2D eigenvalue weighted by Crippen LogP contribution is -2.25. The molecule has 1 fully saturated rings. The number of thiazole rings is 1. The van der Waals surface area contributed by atoms with Crippen LogP contribution in [0.5, 0.6) is 0 Å². The van der Waals surface area contributed by atoms with Crippen LogP contribution in [-0.2, 0) is 24.9 Å². The second kappa shape index (κ2) is 13.4. The van der Waals surface area contributed by atoms with E-state index in [0.29, 0.717) is 10.6 Å². The third kappa shape index (κ3) is 8.71. The van der Waals surface area contributed by atoms with Gasteiger partial charge in [-0.3, -0.25) is 23.0 Å². The van der Waals surface area contributed by atoms with E-state index in [1.54, 1.807) is 64.0 Å². The average Bonchev–Trinajstić information content (AvgIpc) is 3.72. The molecule has 248 valence electrons. The van der Waals surface area contributed by atoms with Crippen molar-refractivity contribution in [3.63, 3.8) is 0 Å². The maximum atomic E-state index is 14.8. The van der Waals surface area contributed by atoms with Gasteiger partial charge in [-0.2, -0.15) is 14.6 Å². The van der Waals surface area contributed by atoms with Crippen molar-refractivity contribution in [3.05, 3.63) is 53.6 Å². The summed E-state index contributed by atoms with van der Waals surface area (Å²) in [5.74, 6) is -2.17. The number of nitrogens with zero attached hydrogens (tertiary/aromatic N) is 6. The van der Waals surface area contributed by atoms with Gasteiger partial charge in [-0.15, -0.1) is 11.3 Å². The van der Waals surface area contributed by atoms with Gasteiger partial charge in [-0.25, -0.2) is 23.6 Å². The van der Waals surface area contributed by atoms with Crippen molar-refractivity contribution in [2.75, 3.05) is 5.32 Å². The quantitative estimate of drug-likeness (QED) is 0.131. The smallest absolute Gasteiger partial charge is 0.317 e. The first-order valence-corrected chi connectivity index (χ1v) is 17.3. The number of rotatable bonds is 10. The highest BCUT2D eigenvalue weighted by Crippen LogP contribution is 2.55. The molecule has 0 spiro atoms. The number of carbonyl (C=O) groups is 1. The van der Waals surface area contributed by atoms with Gasteiger partial charge in [0.05, 0.1) is 29.1 Å². The highest BCUT2D eigenvalue weighted by molar-refractivity contribution is 7.48. The molecule has 1 aliphatic carbocycles. The minimum Gasteiger partial charge on any atom is -0.317 e. The number of phosphoric ester groups is 1. The number of halogens is 2. The van der Waals surface area contributed by atoms with Crippen LogP contribution in [0.25, 0.3) is 22.0 Å². The van der Waals surface area contributed by atoms with Gasteiger partial charge in [-0.1, -0.05) is 19.3 Å². The van der Waals surface area contributed by atoms with Crippen molar-refractivity contribution in [3.8, 4) is 22.0 Å². The molecule has 4 aromatic heterocycles. The molecular weight excluding hydrogens is 639 g/mol. The Balaban J connectivity index is 1.32. The second-order valence-corrected chi connectivity index (χ2v) is 15.4. The summed E-state index contributed by atoms with van der Waals surface area (Å²) in [7, 11) is -3.96. The first-order valence-electron chi connectivity index (χ1n) is 14.9. The summed E-state index contributed by atoms with van der Waals surface area (Å²) in [6, 6.07) is 1.99. The second-order valence-electron chi connectivity index (χ2n) is 13.0. The summed E-state index contributed by atoms with van der Waals surface area (Å²) in [4.78, 5) is 21.5. The number of anilines is 1. The van der Waals surface area contributed by atoms with Crippen LogP contribution < -0.4 is 5.32 Å². The predicted molar refractivity (Wildman–Crippen MR) is 169 cm³/mol. The molecule has 12 nitrogen and oxygen atoms in total. The van der Waals surface area contributed by atoms with E-state index in [9.17, 15) is 18.1 Å². The maximum absolute atomic E-state index is 14.8. The molecule has 0 radical (unpaired) electrons. The van der Waals surface area contributed by atoms with Crippen LogP contribution in [0.1, 0.15) is 90.2 Å². The zero-order chi connectivity index (χ0) is 33.3. The van der Waals surface area contributed by atoms with Crippen molar-refractivity contribution in [1.82, 2.24) is 29.5 Å². The molecule has 0 aromatic carbocycles. The van der Waals surface area contributed by atoms with Gasteiger partial charge in [0.15, 0.2) is 12.5 Å². The molecule has 16 heteroatoms. The third-order valence-electron chi connectivity index (χ3n) is 6.70. The lowest BCUT2D eigenvalue weighted by Gasteiger charge is -2.30. The minimum atomic E-state index is -3.96. The lowest BCUT2D eigenvalue weighted by atomic mass is 9.96. The van der Waals surface area contributed by atoms with Crippen molar-refractivity contribution >= 4 is 30.8 Å². The summed E-state index contributed by atoms with van der Waals surface area (Å²) < 4.78 is 62.1. The highest BCUT2D eigenvalue weighted by atomic mass is 32.1. The Labute approximate surface area is 270 Å². The standard InChI is InChI=1S/C30H38F2N7O5PS/c1-29(2,3)43-45(41,44-30(4,5)6)42-18-38-15-19(14-33-38)28-35-23(17-46-28)27(40)34-22-16-39(20-10-8-7-9-11-20)37-26(22)25-21(31)12-13-24(32)36-25/h12-17,20H,7-11,18H2,1-6H3,(H,34,40). The minimum absolute atomic E-state index is 0.0378. The van der Waals surface area contributed by atoms with Crippen molar-refractivity contribution in [2.24, 2.45) is 0 Å². The van der Waals surface area contributed by atoms with E-state index in [1.807, 2.05) is 0 Å². The number of hydrogen-bond donors (Lipinski definition) is 1. The molecule has 5 rings (SSSR count). The Hall–Kier alpha value is -3.36. The van der Waals surface area contributed by atoms with E-state index in [4.69, 9.17) is 13.6 Å². The monoisotopic (exact) mass is 677 g/mol. The third-order valence-corrected chi connectivity index (χ3v) is 9.57. The lowest BCUT2D eigenvalue weighted by molar-refractivity contribution is -0.00758. The summed E-state index contributed by atoms with van der Waals surface area (Å²) in [6.45, 7) is 10.3. The molecule has 0 bridgehead atoms. The number of hydrogen-bond acceptors (Lipinski definition) is 10. The molecule has 0 unspecified atom stereocenters. The molecule has 0 saturated heterocycles. The number of phosphoric acid groups is 1. The molecule has 1 aliphatic rings. The summed E-state index contributed by atoms with van der Waals surface area (Å²) in [6.07, 6.45) is 9.79. The van der Waals surface area contributed by atoms with Crippen LogP contribution in [0.15, 0.2) is 36.1 Å². The van der Waals surface area contributed by atoms with Crippen molar-refractivity contribution < 1.29 is 31.7 Å². The first-order chi connectivity index (χ1) is 21.6. The molecule has 0 aliphatic heterocycles. The fraction of sp³-hybridized carbons (Fsp3) is 0.500. The summed E-state index contributed by atoms with van der Waals surface area (Å²) in [5.41, 5.74) is -0.926. The number of aromatic nitrogens is 6. The van der Waals surface area contributed by atoms with Crippen LogP contribution in [0.4, 0.5) is 14.5 Å². The van der Waals surface area contributed by atoms with E-state index < -0.39 is 36.7 Å². The van der Waals surface area contributed by atoms with Gasteiger partial charge in [-0.05, 0) is 66.5 Å². The molecule has 4 heterocycles. The Kier molecular flexibility index (Phi) is 9.90. The van der Waals surface area contributed by atoms with Gasteiger partial charge in [0, 0.05) is 23.3 Å². The number of carbonyl (C=O) groups excluding carboxylic acids is 1. The number of amides is 1. The van der Waals surface area contributed by atoms with Gasteiger partial charge in [0.25, 0.3) is 5.91 Å². The molecule has 1 N–H and O–H groups in total. The van der Waals surface area contributed by atoms with Crippen LogP contribution in [-0.4, -0.2) is 46.6 Å². The molecule has 4 aromatic rings. The maximum Gasteiger partial charge on any atom is 0.477 e. The predicted octanol–water partition coefficient (Wildman–Crippen LogP) is 8.01. The fourth-order valence-electron chi connectivity index (χ4n) is 4.89. The average molecular weight is 678 g/mol. The van der Waals surface area contributed by atoms with E-state index in [0.717, 1.165) is 44.2 Å². The number of nitrogens with one attached hydrogen (secondary N) is 1. The van der Waals surface area contributed by atoms with Gasteiger partial charge < -0.3 is 5.32 Å². The molecule has 1 saturated carbocycles. The fourth-order valence-corrected chi connectivity index (χ4v) is 7.41. The molecular formula is C30H38F2N7O5PS. The Morgan fingerprint density at radius 1 is 1.02 bits per heavy atom. The zero-order valence-electron chi connectivity index (χ0n) is 26.6. The Bertz CT molecular complexity index is 1720. The Morgan fingerprint density at radius 2 is 1.72 bits per heavy atom. The molecule has 1 amide bonds. The highest BCUT2D eigenvalue weighted by Gasteiger charge is 2.37. The van der Waals surface area contributed by atoms with Gasteiger partial charge >= 0.3 is 7.82 Å². The normalized spacial score (nSPS) is 15.0. The van der Waals surface area contributed by atoms with E-state index in [-0.39, 0.29) is 35.5 Å². The zero-order valence-corrected chi connectivity index (χ0v) is 28.3. The largest absolute Gasteiger partial charge is 0.477 e. The number of pyridine rings is 1.